The molecule has 0 radical (unpaired) electrons. The van der Waals surface area contributed by atoms with Crippen LogP contribution in [0.4, 0.5) is 0 Å². The van der Waals surface area contributed by atoms with Crippen LogP contribution in [0.3, 0.4) is 0 Å². The molecule has 0 aromatic rings. The molecule has 0 unspecified atom stereocenters. The first-order chi connectivity index (χ1) is 7.72. The van der Waals surface area contributed by atoms with Crippen molar-refractivity contribution in [1.29, 1.82) is 0 Å². The van der Waals surface area contributed by atoms with Gasteiger partial charge in [0.1, 0.15) is 10.5 Å². The lowest BCUT2D eigenvalue weighted by Crippen LogP contribution is -2.02. The lowest BCUT2D eigenvalue weighted by molar-refractivity contribution is -0.136. The molecule has 0 bridgehead atoms. The van der Waals surface area contributed by atoms with E-state index < -0.39 is 15.0 Å². The lowest BCUT2D eigenvalue weighted by Gasteiger charge is -1.93. The molecule has 100 valence electrons. The van der Waals surface area contributed by atoms with Crippen molar-refractivity contribution in [2.45, 2.75) is 20.0 Å². The molecular formula is C10H22O5Si2. The molecule has 0 heterocycles. The molecule has 0 aliphatic carbocycles. The molecule has 17 heavy (non-hydrogen) atoms. The molecule has 0 fully saturated rings. The summed E-state index contributed by atoms with van der Waals surface area (Å²) in [4.78, 5) is 19.4. The number of carboxylic acids is 1. The van der Waals surface area contributed by atoms with Crippen LogP contribution in [0.1, 0.15) is 6.92 Å². The highest BCUT2D eigenvalue weighted by Gasteiger charge is 1.95. The second kappa shape index (κ2) is 14.8. The summed E-state index contributed by atoms with van der Waals surface area (Å²) < 4.78 is 9.30. The van der Waals surface area contributed by atoms with Gasteiger partial charge in [-0.05, 0) is 20.0 Å². The van der Waals surface area contributed by atoms with E-state index in [-0.39, 0.29) is 5.97 Å². The first-order valence-corrected chi connectivity index (χ1v) is 8.44. The molecule has 0 spiro atoms. The molecule has 0 aliphatic rings. The normalized spacial score (nSPS) is 8.06. The second-order valence-corrected chi connectivity index (χ2v) is 7.08. The Kier molecular flexibility index (Phi) is 18.4. The predicted molar refractivity (Wildman–Crippen MR) is 74.6 cm³/mol. The monoisotopic (exact) mass is 278 g/mol. The molecule has 7 heteroatoms. The maximum atomic E-state index is 10.2. The number of aliphatic carboxylic acids is 1. The number of rotatable bonds is 3. The van der Waals surface area contributed by atoms with Gasteiger partial charge in [0.15, 0.2) is 9.04 Å². The smallest absolute Gasteiger partial charge is 0.332 e. The van der Waals surface area contributed by atoms with Gasteiger partial charge in [-0.3, -0.25) is 0 Å². The van der Waals surface area contributed by atoms with E-state index in [1.807, 2.05) is 0 Å². The van der Waals surface area contributed by atoms with Crippen LogP contribution in [-0.2, 0) is 18.4 Å². The van der Waals surface area contributed by atoms with Crippen LogP contribution in [-0.4, -0.2) is 43.7 Å². The van der Waals surface area contributed by atoms with Crippen LogP contribution in [0.25, 0.3) is 0 Å². The van der Waals surface area contributed by atoms with Gasteiger partial charge in [0, 0.05) is 11.6 Å². The first-order valence-electron chi connectivity index (χ1n) is 4.84. The SMILES string of the molecule is C=C(C)C(=O)OC.C=CC(=O)O.C[SiH](C)O[SiH3]. The van der Waals surface area contributed by atoms with Crippen LogP contribution in [0.5, 0.6) is 0 Å². The lowest BCUT2D eigenvalue weighted by atomic mass is 10.4. The summed E-state index contributed by atoms with van der Waals surface area (Å²) in [5.74, 6) is -1.33. The summed E-state index contributed by atoms with van der Waals surface area (Å²) in [6.07, 6.45) is 0.833. The Morgan fingerprint density at radius 3 is 1.71 bits per heavy atom. The Hall–Kier alpha value is -1.19. The fraction of sp³-hybridized carbons (Fsp3) is 0.400. The van der Waals surface area contributed by atoms with Crippen LogP contribution >= 0.6 is 0 Å². The van der Waals surface area contributed by atoms with Crippen molar-refractivity contribution in [3.63, 3.8) is 0 Å². The molecule has 0 amide bonds. The minimum absolute atomic E-state index is 0.347. The van der Waals surface area contributed by atoms with Crippen molar-refractivity contribution >= 4 is 31.5 Å². The van der Waals surface area contributed by atoms with Crippen molar-refractivity contribution in [3.05, 3.63) is 24.8 Å². The Morgan fingerprint density at radius 2 is 1.71 bits per heavy atom. The van der Waals surface area contributed by atoms with Gasteiger partial charge in [-0.15, -0.1) is 0 Å². The van der Waals surface area contributed by atoms with Crippen LogP contribution in [0.15, 0.2) is 24.8 Å². The van der Waals surface area contributed by atoms with E-state index in [2.05, 4.69) is 31.0 Å². The minimum Gasteiger partial charge on any atom is -0.478 e. The molecule has 0 aliphatic heterocycles. The van der Waals surface area contributed by atoms with E-state index >= 15 is 0 Å². The highest BCUT2D eigenvalue weighted by Crippen LogP contribution is 1.87. The van der Waals surface area contributed by atoms with Crippen LogP contribution in [0, 0.1) is 0 Å². The van der Waals surface area contributed by atoms with E-state index in [1.54, 1.807) is 6.92 Å². The third-order valence-corrected chi connectivity index (χ3v) is 4.95. The van der Waals surface area contributed by atoms with Crippen molar-refractivity contribution in [2.75, 3.05) is 7.11 Å². The number of hydrogen-bond acceptors (Lipinski definition) is 4. The zero-order chi connectivity index (χ0) is 14.4. The Morgan fingerprint density at radius 1 is 1.41 bits per heavy atom. The number of carbonyl (C=O) groups is 2. The highest BCUT2D eigenvalue weighted by molar-refractivity contribution is 6.52. The summed E-state index contributed by atoms with van der Waals surface area (Å²) in [6.45, 7) is 12.3. The minimum atomic E-state index is -0.981. The van der Waals surface area contributed by atoms with Gasteiger partial charge < -0.3 is 14.0 Å². The van der Waals surface area contributed by atoms with Gasteiger partial charge in [0.2, 0.25) is 0 Å². The molecular weight excluding hydrogens is 256 g/mol. The number of carbonyl (C=O) groups excluding carboxylic acids is 1. The van der Waals surface area contributed by atoms with Crippen molar-refractivity contribution in [2.24, 2.45) is 0 Å². The van der Waals surface area contributed by atoms with Crippen molar-refractivity contribution in [3.8, 4) is 0 Å². The van der Waals surface area contributed by atoms with Crippen molar-refractivity contribution < 1.29 is 23.5 Å². The van der Waals surface area contributed by atoms with Gasteiger partial charge in [-0.25, -0.2) is 9.59 Å². The summed E-state index contributed by atoms with van der Waals surface area (Å²) in [5.41, 5.74) is 0.433. The number of hydrogen-bond donors (Lipinski definition) is 1. The fourth-order valence-electron chi connectivity index (χ4n) is 0.174. The Balaban J connectivity index is -0.000000177. The zero-order valence-electron chi connectivity index (χ0n) is 11.1. The highest BCUT2D eigenvalue weighted by atomic mass is 28.3. The van der Waals surface area contributed by atoms with Gasteiger partial charge in [-0.2, -0.15) is 0 Å². The number of carboxylic acid groups (broad SMARTS) is 1. The average molecular weight is 278 g/mol. The maximum Gasteiger partial charge on any atom is 0.332 e. The molecule has 0 atom stereocenters. The van der Waals surface area contributed by atoms with Gasteiger partial charge in [0.25, 0.3) is 0 Å². The third-order valence-electron chi connectivity index (χ3n) is 1.18. The van der Waals surface area contributed by atoms with E-state index in [0.717, 1.165) is 16.6 Å². The second-order valence-electron chi connectivity index (χ2n) is 3.10. The molecule has 0 aromatic heterocycles. The number of ether oxygens (including phenoxy) is 1. The topological polar surface area (TPSA) is 72.8 Å². The van der Waals surface area contributed by atoms with E-state index in [1.165, 1.54) is 7.11 Å². The molecule has 5 nitrogen and oxygen atoms in total. The number of esters is 1. The van der Waals surface area contributed by atoms with Gasteiger partial charge in [-0.1, -0.05) is 13.2 Å². The molecule has 0 rings (SSSR count). The molecule has 0 saturated carbocycles. The Labute approximate surface area is 107 Å². The standard InChI is InChI=1S/C5H8O2.C3H4O2.C2H10OSi2/c1-4(2)5(6)7-3;1-2-3(4)5;1-5(2)3-4/h1H2,2-3H3;2H,1H2,(H,4,5);5H,1-2,4H3. The van der Waals surface area contributed by atoms with E-state index in [9.17, 15) is 9.59 Å². The zero-order valence-corrected chi connectivity index (χ0v) is 14.3. The Bertz CT molecular complexity index is 251. The summed E-state index contributed by atoms with van der Waals surface area (Å²) in [5, 5.41) is 7.60. The van der Waals surface area contributed by atoms with E-state index in [4.69, 9.17) is 9.22 Å². The largest absolute Gasteiger partial charge is 0.478 e. The van der Waals surface area contributed by atoms with Gasteiger partial charge in [0.05, 0.1) is 7.11 Å². The summed E-state index contributed by atoms with van der Waals surface area (Å²) in [7, 11) is 1.68. The van der Waals surface area contributed by atoms with Crippen LogP contribution < -0.4 is 0 Å². The molecule has 0 saturated heterocycles. The number of methoxy groups -OCH3 is 1. The predicted octanol–water partition coefficient (Wildman–Crippen LogP) is 0.259. The molecule has 0 aromatic carbocycles. The third kappa shape index (κ3) is 31.3. The quantitative estimate of drug-likeness (QED) is 0.455. The summed E-state index contributed by atoms with van der Waals surface area (Å²) in [6, 6.07) is 0. The average Bonchev–Trinajstić information content (AvgIpc) is 2.29. The maximum absolute atomic E-state index is 10.2. The van der Waals surface area contributed by atoms with Crippen molar-refractivity contribution in [1.82, 2.24) is 0 Å². The molecule has 1 N–H and O–H groups in total. The summed E-state index contributed by atoms with van der Waals surface area (Å²) >= 11 is 0. The first kappa shape index (κ1) is 21.1. The fourth-order valence-corrected chi connectivity index (χ4v) is 0.174. The van der Waals surface area contributed by atoms with E-state index in [0.29, 0.717) is 5.57 Å². The van der Waals surface area contributed by atoms with Gasteiger partial charge >= 0.3 is 11.9 Å². The van der Waals surface area contributed by atoms with Crippen LogP contribution in [0.2, 0.25) is 13.1 Å².